The fourth-order valence-electron chi connectivity index (χ4n) is 2.27. The lowest BCUT2D eigenvalue weighted by Crippen LogP contribution is -2.36. The van der Waals surface area contributed by atoms with E-state index in [9.17, 15) is 9.59 Å². The first kappa shape index (κ1) is 21.6. The number of carbonyl (C=O) groups is 2. The molecule has 0 aliphatic rings. The summed E-state index contributed by atoms with van der Waals surface area (Å²) in [4.78, 5) is 27.5. The van der Waals surface area contributed by atoms with Gasteiger partial charge in [0.25, 0.3) is 0 Å². The van der Waals surface area contributed by atoms with Crippen molar-refractivity contribution in [3.63, 3.8) is 0 Å². The molecule has 0 unspecified atom stereocenters. The van der Waals surface area contributed by atoms with Crippen LogP contribution in [0.15, 0.2) is 42.6 Å². The van der Waals surface area contributed by atoms with Gasteiger partial charge in [-0.05, 0) is 29.7 Å². The standard InChI is InChI=1S/C19H23ClN4O4/c20-16-4-2-1-3-15(16)12-21-13-18(26)22-8-10-28-19(27)24-17-6-5-14(7-9-25)11-23-17/h1-6,11,21,25H,7-10,12-13H2,(H,22,26)(H,23,24,27). The predicted octanol–water partition coefficient (Wildman–Crippen LogP) is 1.72. The van der Waals surface area contributed by atoms with E-state index in [0.717, 1.165) is 11.1 Å². The van der Waals surface area contributed by atoms with Crippen molar-refractivity contribution in [3.05, 3.63) is 58.7 Å². The lowest BCUT2D eigenvalue weighted by atomic mass is 10.2. The third-order valence-corrected chi connectivity index (χ3v) is 4.04. The number of aromatic nitrogens is 1. The maximum absolute atomic E-state index is 11.7. The SMILES string of the molecule is O=C(CNCc1ccccc1Cl)NCCOC(=O)Nc1ccc(CCO)cn1. The number of aliphatic hydroxyl groups is 1. The van der Waals surface area contributed by atoms with Gasteiger partial charge < -0.3 is 20.5 Å². The third kappa shape index (κ3) is 7.91. The first-order valence-electron chi connectivity index (χ1n) is 8.79. The van der Waals surface area contributed by atoms with Gasteiger partial charge in [-0.2, -0.15) is 0 Å². The average Bonchev–Trinajstić information content (AvgIpc) is 2.68. The van der Waals surface area contributed by atoms with Gasteiger partial charge in [-0.1, -0.05) is 35.9 Å². The minimum absolute atomic E-state index is 0.0324. The summed E-state index contributed by atoms with van der Waals surface area (Å²) < 4.78 is 4.98. The molecule has 0 aliphatic heterocycles. The van der Waals surface area contributed by atoms with Crippen LogP contribution in [0.4, 0.5) is 10.6 Å². The number of aliphatic hydroxyl groups excluding tert-OH is 1. The van der Waals surface area contributed by atoms with Crippen LogP contribution in [0.5, 0.6) is 0 Å². The Balaban J connectivity index is 1.56. The minimum Gasteiger partial charge on any atom is -0.447 e. The van der Waals surface area contributed by atoms with E-state index in [4.69, 9.17) is 21.4 Å². The zero-order chi connectivity index (χ0) is 20.2. The van der Waals surface area contributed by atoms with Crippen LogP contribution in [0, 0.1) is 0 Å². The number of anilines is 1. The first-order chi connectivity index (χ1) is 13.6. The van der Waals surface area contributed by atoms with Gasteiger partial charge in [-0.15, -0.1) is 0 Å². The molecule has 0 fully saturated rings. The largest absolute Gasteiger partial charge is 0.447 e. The highest BCUT2D eigenvalue weighted by Gasteiger charge is 2.06. The van der Waals surface area contributed by atoms with E-state index in [1.54, 1.807) is 24.4 Å². The van der Waals surface area contributed by atoms with Gasteiger partial charge in [0.1, 0.15) is 12.4 Å². The topological polar surface area (TPSA) is 113 Å². The van der Waals surface area contributed by atoms with E-state index in [1.165, 1.54) is 0 Å². The van der Waals surface area contributed by atoms with Gasteiger partial charge in [0.15, 0.2) is 0 Å². The lowest BCUT2D eigenvalue weighted by Gasteiger charge is -2.09. The first-order valence-corrected chi connectivity index (χ1v) is 9.16. The fraction of sp³-hybridized carbons (Fsp3) is 0.316. The van der Waals surface area contributed by atoms with Gasteiger partial charge in [0, 0.05) is 24.4 Å². The molecule has 0 bridgehead atoms. The summed E-state index contributed by atoms with van der Waals surface area (Å²) in [6.07, 6.45) is 1.42. The molecule has 8 nitrogen and oxygen atoms in total. The number of benzene rings is 1. The number of amides is 2. The van der Waals surface area contributed by atoms with Crippen molar-refractivity contribution in [2.45, 2.75) is 13.0 Å². The van der Waals surface area contributed by atoms with Gasteiger partial charge in [-0.25, -0.2) is 9.78 Å². The number of pyridine rings is 1. The van der Waals surface area contributed by atoms with Gasteiger partial charge in [0.2, 0.25) is 5.91 Å². The van der Waals surface area contributed by atoms with Gasteiger partial charge in [-0.3, -0.25) is 10.1 Å². The highest BCUT2D eigenvalue weighted by Crippen LogP contribution is 2.14. The summed E-state index contributed by atoms with van der Waals surface area (Å²) in [5.74, 6) is 0.136. The van der Waals surface area contributed by atoms with Crippen molar-refractivity contribution >= 4 is 29.4 Å². The Morgan fingerprint density at radius 3 is 2.71 bits per heavy atom. The van der Waals surface area contributed by atoms with Gasteiger partial charge >= 0.3 is 6.09 Å². The molecule has 4 N–H and O–H groups in total. The summed E-state index contributed by atoms with van der Waals surface area (Å²) >= 11 is 6.04. The van der Waals surface area contributed by atoms with Crippen LogP contribution in [0.25, 0.3) is 0 Å². The van der Waals surface area contributed by atoms with Crippen LogP contribution < -0.4 is 16.0 Å². The highest BCUT2D eigenvalue weighted by molar-refractivity contribution is 6.31. The van der Waals surface area contributed by atoms with Crippen molar-refractivity contribution < 1.29 is 19.4 Å². The molecule has 0 spiro atoms. The quantitative estimate of drug-likeness (QED) is 0.447. The van der Waals surface area contributed by atoms with Crippen LogP contribution in [-0.4, -0.2) is 48.4 Å². The molecule has 0 aliphatic carbocycles. The molecule has 1 aromatic heterocycles. The second kappa shape index (κ2) is 11.9. The monoisotopic (exact) mass is 406 g/mol. The summed E-state index contributed by atoms with van der Waals surface area (Å²) in [7, 11) is 0. The van der Waals surface area contributed by atoms with Crippen molar-refractivity contribution in [2.24, 2.45) is 0 Å². The lowest BCUT2D eigenvalue weighted by molar-refractivity contribution is -0.120. The van der Waals surface area contributed by atoms with Crippen molar-refractivity contribution in [2.75, 3.05) is 31.6 Å². The summed E-state index contributed by atoms with van der Waals surface area (Å²) in [6.45, 7) is 0.878. The molecular weight excluding hydrogens is 384 g/mol. The number of halogens is 1. The summed E-state index contributed by atoms with van der Waals surface area (Å²) in [6, 6.07) is 10.8. The number of ether oxygens (including phenoxy) is 1. The maximum atomic E-state index is 11.7. The van der Waals surface area contributed by atoms with Crippen LogP contribution in [0.1, 0.15) is 11.1 Å². The highest BCUT2D eigenvalue weighted by atomic mass is 35.5. The molecule has 1 heterocycles. The maximum Gasteiger partial charge on any atom is 0.412 e. The van der Waals surface area contributed by atoms with E-state index >= 15 is 0 Å². The Morgan fingerprint density at radius 2 is 2.00 bits per heavy atom. The summed E-state index contributed by atoms with van der Waals surface area (Å²) in [5, 5.41) is 17.6. The Morgan fingerprint density at radius 1 is 1.18 bits per heavy atom. The number of nitrogens with one attached hydrogen (secondary N) is 3. The average molecular weight is 407 g/mol. The van der Waals surface area contributed by atoms with Crippen LogP contribution in [0.3, 0.4) is 0 Å². The molecule has 150 valence electrons. The fourth-order valence-corrected chi connectivity index (χ4v) is 2.47. The van der Waals surface area contributed by atoms with Gasteiger partial charge in [0.05, 0.1) is 13.1 Å². The molecule has 0 atom stereocenters. The molecule has 0 saturated heterocycles. The molecule has 2 aromatic rings. The third-order valence-electron chi connectivity index (χ3n) is 3.67. The van der Waals surface area contributed by atoms with Crippen LogP contribution in [-0.2, 0) is 22.5 Å². The normalized spacial score (nSPS) is 10.4. The molecular formula is C19H23ClN4O4. The number of carbonyl (C=O) groups excluding carboxylic acids is 2. The second-order valence-corrected chi connectivity index (χ2v) is 6.24. The van der Waals surface area contributed by atoms with E-state index in [1.807, 2.05) is 18.2 Å². The van der Waals surface area contributed by atoms with Crippen molar-refractivity contribution in [1.82, 2.24) is 15.6 Å². The number of nitrogens with zero attached hydrogens (tertiary/aromatic N) is 1. The Labute approximate surface area is 168 Å². The molecule has 0 saturated carbocycles. The molecule has 0 radical (unpaired) electrons. The molecule has 2 amide bonds. The van der Waals surface area contributed by atoms with Crippen LogP contribution >= 0.6 is 11.6 Å². The predicted molar refractivity (Wildman–Crippen MR) is 106 cm³/mol. The Bertz CT molecular complexity index is 771. The zero-order valence-electron chi connectivity index (χ0n) is 15.3. The molecule has 28 heavy (non-hydrogen) atoms. The summed E-state index contributed by atoms with van der Waals surface area (Å²) in [5.41, 5.74) is 1.78. The zero-order valence-corrected chi connectivity index (χ0v) is 16.0. The smallest absolute Gasteiger partial charge is 0.412 e. The Kier molecular flexibility index (Phi) is 9.20. The number of rotatable bonds is 10. The molecule has 2 rings (SSSR count). The van der Waals surface area contributed by atoms with Crippen molar-refractivity contribution in [3.8, 4) is 0 Å². The van der Waals surface area contributed by atoms with E-state index in [2.05, 4.69) is 20.9 Å². The van der Waals surface area contributed by atoms with E-state index in [-0.39, 0.29) is 32.2 Å². The number of hydrogen-bond donors (Lipinski definition) is 4. The van der Waals surface area contributed by atoms with Crippen LogP contribution in [0.2, 0.25) is 5.02 Å². The molecule has 9 heteroatoms. The van der Waals surface area contributed by atoms with E-state index < -0.39 is 6.09 Å². The molecule has 1 aromatic carbocycles. The minimum atomic E-state index is -0.659. The van der Waals surface area contributed by atoms with Crippen molar-refractivity contribution in [1.29, 1.82) is 0 Å². The Hall–Kier alpha value is -2.68. The second-order valence-electron chi connectivity index (χ2n) is 5.83. The number of hydrogen-bond acceptors (Lipinski definition) is 6. The van der Waals surface area contributed by atoms with E-state index in [0.29, 0.717) is 23.8 Å².